The van der Waals surface area contributed by atoms with E-state index in [1.165, 1.54) is 5.56 Å². The maximum atomic E-state index is 5.63. The number of rotatable bonds is 8. The van der Waals surface area contributed by atoms with Crippen LogP contribution in [0.2, 0.25) is 0 Å². The van der Waals surface area contributed by atoms with E-state index in [0.29, 0.717) is 6.04 Å². The van der Waals surface area contributed by atoms with Crippen LogP contribution in [0, 0.1) is 0 Å². The molecule has 1 aromatic heterocycles. The summed E-state index contributed by atoms with van der Waals surface area (Å²) in [5.74, 6) is 0.965. The lowest BCUT2D eigenvalue weighted by Crippen LogP contribution is -2.41. The normalized spacial score (nSPS) is 14.3. The molecule has 0 saturated heterocycles. The van der Waals surface area contributed by atoms with Gasteiger partial charge < -0.3 is 9.32 Å². The second-order valence-corrected chi connectivity index (χ2v) is 5.41. The van der Waals surface area contributed by atoms with Crippen molar-refractivity contribution in [2.24, 2.45) is 0 Å². The van der Waals surface area contributed by atoms with Crippen LogP contribution in [0.15, 0.2) is 53.1 Å². The molecule has 0 saturated carbocycles. The molecule has 0 spiro atoms. The quantitative estimate of drug-likeness (QED) is 0.802. The zero-order valence-electron chi connectivity index (χ0n) is 13.3. The number of furan rings is 1. The van der Waals surface area contributed by atoms with E-state index in [2.05, 4.69) is 55.3 Å². The number of nitrogens with one attached hydrogen (secondary N) is 1. The molecule has 0 bridgehead atoms. The molecular formula is C18H26N2O. The standard InChI is InChI=1S/C18H26N2O/c1-4-20(5-2)14-15(3)19-18(17-12-9-13-21-17)16-10-7-6-8-11-16/h6-13,15,18-19H,4-5,14H2,1-3H3. The number of benzene rings is 1. The first-order chi connectivity index (χ1) is 10.2. The van der Waals surface area contributed by atoms with E-state index in [9.17, 15) is 0 Å². The minimum atomic E-state index is 0.103. The molecule has 3 nitrogen and oxygen atoms in total. The number of hydrogen-bond acceptors (Lipinski definition) is 3. The second-order valence-electron chi connectivity index (χ2n) is 5.41. The summed E-state index contributed by atoms with van der Waals surface area (Å²) in [5.41, 5.74) is 1.24. The van der Waals surface area contributed by atoms with Gasteiger partial charge in [-0.3, -0.25) is 5.32 Å². The largest absolute Gasteiger partial charge is 0.467 e. The molecule has 2 atom stereocenters. The van der Waals surface area contributed by atoms with Crippen molar-refractivity contribution in [2.45, 2.75) is 32.9 Å². The summed E-state index contributed by atoms with van der Waals surface area (Å²) < 4.78 is 5.63. The average molecular weight is 286 g/mol. The Hall–Kier alpha value is -1.58. The molecule has 2 unspecified atom stereocenters. The van der Waals surface area contributed by atoms with Crippen LogP contribution in [-0.4, -0.2) is 30.6 Å². The van der Waals surface area contributed by atoms with Crippen LogP contribution in [0.3, 0.4) is 0 Å². The van der Waals surface area contributed by atoms with Gasteiger partial charge in [-0.05, 0) is 37.7 Å². The molecule has 0 radical (unpaired) electrons. The van der Waals surface area contributed by atoms with Crippen LogP contribution in [0.25, 0.3) is 0 Å². The van der Waals surface area contributed by atoms with Crippen LogP contribution in [0.1, 0.15) is 38.1 Å². The van der Waals surface area contributed by atoms with Gasteiger partial charge in [0.05, 0.1) is 12.3 Å². The van der Waals surface area contributed by atoms with Crippen molar-refractivity contribution in [1.29, 1.82) is 0 Å². The van der Waals surface area contributed by atoms with Crippen molar-refractivity contribution in [1.82, 2.24) is 10.2 Å². The van der Waals surface area contributed by atoms with Gasteiger partial charge in [-0.2, -0.15) is 0 Å². The summed E-state index contributed by atoms with van der Waals surface area (Å²) in [6.45, 7) is 9.85. The van der Waals surface area contributed by atoms with Crippen molar-refractivity contribution in [3.05, 3.63) is 60.1 Å². The van der Waals surface area contributed by atoms with E-state index in [4.69, 9.17) is 4.42 Å². The zero-order valence-corrected chi connectivity index (χ0v) is 13.3. The number of hydrogen-bond donors (Lipinski definition) is 1. The summed E-state index contributed by atoms with van der Waals surface area (Å²) in [4.78, 5) is 2.43. The number of nitrogens with zero attached hydrogens (tertiary/aromatic N) is 1. The Morgan fingerprint density at radius 3 is 2.33 bits per heavy atom. The lowest BCUT2D eigenvalue weighted by molar-refractivity contribution is 0.261. The molecular weight excluding hydrogens is 260 g/mol. The summed E-state index contributed by atoms with van der Waals surface area (Å²) in [6.07, 6.45) is 1.74. The van der Waals surface area contributed by atoms with Gasteiger partial charge in [-0.25, -0.2) is 0 Å². The highest BCUT2D eigenvalue weighted by molar-refractivity contribution is 5.26. The minimum Gasteiger partial charge on any atom is -0.467 e. The maximum absolute atomic E-state index is 5.63. The van der Waals surface area contributed by atoms with Crippen molar-refractivity contribution >= 4 is 0 Å². The molecule has 0 amide bonds. The fourth-order valence-corrected chi connectivity index (χ4v) is 2.65. The third-order valence-electron chi connectivity index (χ3n) is 3.84. The highest BCUT2D eigenvalue weighted by atomic mass is 16.3. The molecule has 21 heavy (non-hydrogen) atoms. The fraction of sp³-hybridized carbons (Fsp3) is 0.444. The molecule has 2 rings (SSSR count). The van der Waals surface area contributed by atoms with E-state index in [-0.39, 0.29) is 6.04 Å². The zero-order chi connectivity index (χ0) is 15.1. The first-order valence-electron chi connectivity index (χ1n) is 7.81. The van der Waals surface area contributed by atoms with Gasteiger partial charge in [0.2, 0.25) is 0 Å². The van der Waals surface area contributed by atoms with E-state index in [1.807, 2.05) is 18.2 Å². The third kappa shape index (κ3) is 4.45. The van der Waals surface area contributed by atoms with Gasteiger partial charge in [-0.1, -0.05) is 44.2 Å². The molecule has 0 fully saturated rings. The summed E-state index contributed by atoms with van der Waals surface area (Å²) >= 11 is 0. The predicted octanol–water partition coefficient (Wildman–Crippen LogP) is 3.69. The molecule has 0 aliphatic rings. The SMILES string of the molecule is CCN(CC)CC(C)NC(c1ccccc1)c1ccco1. The summed E-state index contributed by atoms with van der Waals surface area (Å²) in [7, 11) is 0. The fourth-order valence-electron chi connectivity index (χ4n) is 2.65. The minimum absolute atomic E-state index is 0.103. The smallest absolute Gasteiger partial charge is 0.125 e. The van der Waals surface area contributed by atoms with Crippen LogP contribution < -0.4 is 5.32 Å². The highest BCUT2D eigenvalue weighted by Crippen LogP contribution is 2.23. The highest BCUT2D eigenvalue weighted by Gasteiger charge is 2.19. The average Bonchev–Trinajstić information content (AvgIpc) is 3.05. The lowest BCUT2D eigenvalue weighted by Gasteiger charge is -2.27. The first-order valence-corrected chi connectivity index (χ1v) is 7.81. The Morgan fingerprint density at radius 2 is 1.76 bits per heavy atom. The van der Waals surface area contributed by atoms with Crippen molar-refractivity contribution < 1.29 is 4.42 Å². The molecule has 0 aliphatic carbocycles. The Balaban J connectivity index is 2.10. The summed E-state index contributed by atoms with van der Waals surface area (Å²) in [6, 6.07) is 14.9. The van der Waals surface area contributed by atoms with Gasteiger partial charge >= 0.3 is 0 Å². The monoisotopic (exact) mass is 286 g/mol. The van der Waals surface area contributed by atoms with Crippen LogP contribution in [-0.2, 0) is 0 Å². The van der Waals surface area contributed by atoms with Crippen molar-refractivity contribution in [3.8, 4) is 0 Å². The van der Waals surface area contributed by atoms with Gasteiger partial charge in [0, 0.05) is 12.6 Å². The second kappa shape index (κ2) is 8.01. The molecule has 1 heterocycles. The van der Waals surface area contributed by atoms with Crippen LogP contribution in [0.5, 0.6) is 0 Å². The van der Waals surface area contributed by atoms with Crippen molar-refractivity contribution in [3.63, 3.8) is 0 Å². The Bertz CT molecular complexity index is 491. The van der Waals surface area contributed by atoms with E-state index in [1.54, 1.807) is 6.26 Å². The van der Waals surface area contributed by atoms with Crippen LogP contribution >= 0.6 is 0 Å². The van der Waals surface area contributed by atoms with Gasteiger partial charge in [0.25, 0.3) is 0 Å². The maximum Gasteiger partial charge on any atom is 0.125 e. The van der Waals surface area contributed by atoms with E-state index < -0.39 is 0 Å². The van der Waals surface area contributed by atoms with Crippen LogP contribution in [0.4, 0.5) is 0 Å². The Labute approximate surface area is 128 Å². The first kappa shape index (κ1) is 15.8. The molecule has 0 aliphatic heterocycles. The van der Waals surface area contributed by atoms with E-state index >= 15 is 0 Å². The molecule has 3 heteroatoms. The topological polar surface area (TPSA) is 28.4 Å². The third-order valence-corrected chi connectivity index (χ3v) is 3.84. The van der Waals surface area contributed by atoms with Gasteiger partial charge in [0.1, 0.15) is 5.76 Å². The van der Waals surface area contributed by atoms with Gasteiger partial charge in [0.15, 0.2) is 0 Å². The lowest BCUT2D eigenvalue weighted by atomic mass is 10.0. The molecule has 114 valence electrons. The Kier molecular flexibility index (Phi) is 6.03. The van der Waals surface area contributed by atoms with E-state index in [0.717, 1.165) is 25.4 Å². The molecule has 2 aromatic rings. The van der Waals surface area contributed by atoms with Gasteiger partial charge in [-0.15, -0.1) is 0 Å². The summed E-state index contributed by atoms with van der Waals surface area (Å²) in [5, 5.41) is 3.70. The Morgan fingerprint density at radius 1 is 1.05 bits per heavy atom. The molecule has 1 N–H and O–H groups in total. The molecule has 1 aromatic carbocycles. The number of likely N-dealkylation sites (N-methyl/N-ethyl adjacent to an activating group) is 1. The predicted molar refractivity (Wildman–Crippen MR) is 87.4 cm³/mol. The van der Waals surface area contributed by atoms with Crippen molar-refractivity contribution in [2.75, 3.05) is 19.6 Å².